The van der Waals surface area contributed by atoms with Gasteiger partial charge in [0.1, 0.15) is 0 Å². The van der Waals surface area contributed by atoms with Gasteiger partial charge in [0.2, 0.25) is 5.91 Å². The summed E-state index contributed by atoms with van der Waals surface area (Å²) in [6.45, 7) is 3.12. The molecule has 1 aliphatic heterocycles. The molecule has 1 unspecified atom stereocenters. The van der Waals surface area contributed by atoms with E-state index in [1.807, 2.05) is 6.07 Å². The minimum Gasteiger partial charge on any atom is -0.356 e. The quantitative estimate of drug-likeness (QED) is 0.866. The third-order valence-electron chi connectivity index (χ3n) is 3.26. The van der Waals surface area contributed by atoms with Crippen molar-refractivity contribution in [3.8, 4) is 0 Å². The monoisotopic (exact) mass is 252 g/mol. The zero-order valence-electron chi connectivity index (χ0n) is 10.3. The summed E-state index contributed by atoms with van der Waals surface area (Å²) in [4.78, 5) is 15.3. The Kier molecular flexibility index (Phi) is 4.57. The highest BCUT2D eigenvalue weighted by Gasteiger charge is 2.19. The van der Waals surface area contributed by atoms with E-state index in [0.29, 0.717) is 12.3 Å². The van der Waals surface area contributed by atoms with Gasteiger partial charge in [-0.1, -0.05) is 6.07 Å². The summed E-state index contributed by atoms with van der Waals surface area (Å²) in [5, 5.41) is 5.10. The molecule has 1 saturated heterocycles. The van der Waals surface area contributed by atoms with Gasteiger partial charge >= 0.3 is 0 Å². The van der Waals surface area contributed by atoms with Crippen LogP contribution in [0.3, 0.4) is 0 Å². The molecule has 1 aromatic heterocycles. The lowest BCUT2D eigenvalue weighted by atomic mass is 10.1. The summed E-state index contributed by atoms with van der Waals surface area (Å²) in [7, 11) is 2.14. The second kappa shape index (κ2) is 6.17. The molecule has 94 valence electrons. The van der Waals surface area contributed by atoms with Crippen LogP contribution in [0.4, 0.5) is 0 Å². The Morgan fingerprint density at radius 1 is 1.65 bits per heavy atom. The Morgan fingerprint density at radius 3 is 3.18 bits per heavy atom. The van der Waals surface area contributed by atoms with Gasteiger partial charge < -0.3 is 10.2 Å². The number of hydrogen-bond donors (Lipinski definition) is 1. The third-order valence-corrected chi connectivity index (χ3v) is 4.19. The molecule has 1 fully saturated rings. The lowest BCUT2D eigenvalue weighted by Gasteiger charge is -2.11. The van der Waals surface area contributed by atoms with E-state index in [-0.39, 0.29) is 5.91 Å². The Hall–Kier alpha value is -0.870. The predicted molar refractivity (Wildman–Crippen MR) is 71.3 cm³/mol. The lowest BCUT2D eigenvalue weighted by Crippen LogP contribution is -2.30. The van der Waals surface area contributed by atoms with Crippen molar-refractivity contribution in [2.75, 3.05) is 26.7 Å². The van der Waals surface area contributed by atoms with Crippen molar-refractivity contribution < 1.29 is 4.79 Å². The Balaban J connectivity index is 1.61. The van der Waals surface area contributed by atoms with Crippen molar-refractivity contribution in [2.45, 2.75) is 19.3 Å². The molecule has 2 rings (SSSR count). The molecule has 2 heterocycles. The van der Waals surface area contributed by atoms with E-state index in [2.05, 4.69) is 28.7 Å². The van der Waals surface area contributed by atoms with Crippen molar-refractivity contribution in [3.05, 3.63) is 22.4 Å². The smallest absolute Gasteiger partial charge is 0.220 e. The van der Waals surface area contributed by atoms with E-state index in [1.165, 1.54) is 11.3 Å². The fourth-order valence-corrected chi connectivity index (χ4v) is 2.94. The molecule has 4 heteroatoms. The van der Waals surface area contributed by atoms with Crippen molar-refractivity contribution in [1.82, 2.24) is 10.2 Å². The van der Waals surface area contributed by atoms with Gasteiger partial charge in [-0.3, -0.25) is 4.79 Å². The van der Waals surface area contributed by atoms with E-state index in [1.54, 1.807) is 11.3 Å². The van der Waals surface area contributed by atoms with Gasteiger partial charge in [-0.25, -0.2) is 0 Å². The van der Waals surface area contributed by atoms with Gasteiger partial charge in [0, 0.05) is 24.4 Å². The van der Waals surface area contributed by atoms with Gasteiger partial charge in [-0.2, -0.15) is 0 Å². The van der Waals surface area contributed by atoms with Crippen LogP contribution in [-0.2, 0) is 11.2 Å². The molecule has 0 aromatic carbocycles. The maximum absolute atomic E-state index is 11.7. The molecule has 3 nitrogen and oxygen atoms in total. The van der Waals surface area contributed by atoms with Crippen LogP contribution in [0.1, 0.15) is 17.7 Å². The van der Waals surface area contributed by atoms with E-state index < -0.39 is 0 Å². The van der Waals surface area contributed by atoms with Gasteiger partial charge in [-0.15, -0.1) is 11.3 Å². The largest absolute Gasteiger partial charge is 0.356 e. The molecule has 1 N–H and O–H groups in total. The number of nitrogens with zero attached hydrogens (tertiary/aromatic N) is 1. The Bertz CT molecular complexity index is 350. The Labute approximate surface area is 107 Å². The average molecular weight is 252 g/mol. The molecule has 0 radical (unpaired) electrons. The van der Waals surface area contributed by atoms with Crippen molar-refractivity contribution in [2.24, 2.45) is 5.92 Å². The zero-order valence-corrected chi connectivity index (χ0v) is 11.1. The molecule has 0 saturated carbocycles. The normalized spacial score (nSPS) is 20.6. The molecule has 0 spiro atoms. The second-order valence-electron chi connectivity index (χ2n) is 4.80. The maximum Gasteiger partial charge on any atom is 0.220 e. The number of amides is 1. The average Bonchev–Trinajstić information content (AvgIpc) is 2.95. The minimum atomic E-state index is 0.188. The number of carbonyl (C=O) groups is 1. The van der Waals surface area contributed by atoms with Crippen LogP contribution in [0, 0.1) is 5.92 Å². The first-order chi connectivity index (χ1) is 8.24. The van der Waals surface area contributed by atoms with Crippen molar-refractivity contribution in [3.63, 3.8) is 0 Å². The van der Waals surface area contributed by atoms with Gasteiger partial charge in [0.05, 0.1) is 0 Å². The zero-order chi connectivity index (χ0) is 12.1. The minimum absolute atomic E-state index is 0.188. The fourth-order valence-electron chi connectivity index (χ4n) is 2.23. The molecule has 0 bridgehead atoms. The molecule has 17 heavy (non-hydrogen) atoms. The summed E-state index contributed by atoms with van der Waals surface area (Å²) in [5.41, 5.74) is 0. The summed E-state index contributed by atoms with van der Waals surface area (Å²) in [6.07, 6.45) is 2.69. The fraction of sp³-hybridized carbons (Fsp3) is 0.615. The highest BCUT2D eigenvalue weighted by atomic mass is 32.1. The number of nitrogens with one attached hydrogen (secondary N) is 1. The maximum atomic E-state index is 11.7. The number of carbonyl (C=O) groups excluding carboxylic acids is 1. The van der Waals surface area contributed by atoms with Gasteiger partial charge in [-0.05, 0) is 43.8 Å². The van der Waals surface area contributed by atoms with E-state index in [9.17, 15) is 4.79 Å². The number of hydrogen-bond acceptors (Lipinski definition) is 3. The van der Waals surface area contributed by atoms with Crippen LogP contribution in [0.5, 0.6) is 0 Å². The first-order valence-electron chi connectivity index (χ1n) is 6.21. The molecule has 1 aromatic rings. The highest BCUT2D eigenvalue weighted by Crippen LogP contribution is 2.13. The summed E-state index contributed by atoms with van der Waals surface area (Å²) in [5.74, 6) is 0.832. The topological polar surface area (TPSA) is 32.3 Å². The van der Waals surface area contributed by atoms with Crippen LogP contribution in [0.25, 0.3) is 0 Å². The standard InChI is InChI=1S/C13H20N2OS/c1-15-7-6-11(10-15)9-14-13(16)5-4-12-3-2-8-17-12/h2-3,8,11H,4-7,9-10H2,1H3,(H,14,16). The first-order valence-corrected chi connectivity index (χ1v) is 7.09. The highest BCUT2D eigenvalue weighted by molar-refractivity contribution is 7.09. The van der Waals surface area contributed by atoms with Crippen molar-refractivity contribution >= 4 is 17.2 Å². The molecule has 1 aliphatic rings. The predicted octanol–water partition coefficient (Wildman–Crippen LogP) is 1.75. The first kappa shape index (κ1) is 12.6. The van der Waals surface area contributed by atoms with E-state index in [0.717, 1.165) is 26.1 Å². The molecule has 1 amide bonds. The molecular weight excluding hydrogens is 232 g/mol. The Morgan fingerprint density at radius 2 is 2.53 bits per heavy atom. The lowest BCUT2D eigenvalue weighted by molar-refractivity contribution is -0.121. The van der Waals surface area contributed by atoms with E-state index >= 15 is 0 Å². The molecule has 0 aliphatic carbocycles. The van der Waals surface area contributed by atoms with Crippen LogP contribution >= 0.6 is 11.3 Å². The van der Waals surface area contributed by atoms with Crippen LogP contribution in [-0.4, -0.2) is 37.5 Å². The number of likely N-dealkylation sites (tertiary alicyclic amines) is 1. The van der Waals surface area contributed by atoms with E-state index in [4.69, 9.17) is 0 Å². The van der Waals surface area contributed by atoms with Crippen LogP contribution in [0.2, 0.25) is 0 Å². The van der Waals surface area contributed by atoms with Crippen LogP contribution < -0.4 is 5.32 Å². The molecule has 1 atom stereocenters. The summed E-state index contributed by atoms with van der Waals surface area (Å²) < 4.78 is 0. The SMILES string of the molecule is CN1CCC(CNC(=O)CCc2cccs2)C1. The molecular formula is C13H20N2OS. The second-order valence-corrected chi connectivity index (χ2v) is 5.83. The summed E-state index contributed by atoms with van der Waals surface area (Å²) >= 11 is 1.72. The van der Waals surface area contributed by atoms with Crippen molar-refractivity contribution in [1.29, 1.82) is 0 Å². The van der Waals surface area contributed by atoms with Gasteiger partial charge in [0.25, 0.3) is 0 Å². The van der Waals surface area contributed by atoms with Crippen LogP contribution in [0.15, 0.2) is 17.5 Å². The third kappa shape index (κ3) is 4.13. The summed E-state index contributed by atoms with van der Waals surface area (Å²) in [6, 6.07) is 4.12. The van der Waals surface area contributed by atoms with Gasteiger partial charge in [0.15, 0.2) is 0 Å². The number of rotatable bonds is 5. The number of aryl methyl sites for hydroxylation is 1. The number of thiophene rings is 1.